The van der Waals surface area contributed by atoms with Crippen molar-refractivity contribution >= 4 is 10.1 Å². The Balaban J connectivity index is 0.00000544. The van der Waals surface area contributed by atoms with Crippen molar-refractivity contribution in [1.29, 1.82) is 0 Å². The maximum atomic E-state index is 12.0. The summed E-state index contributed by atoms with van der Waals surface area (Å²) in [6, 6.07) is 10.9. The van der Waals surface area contributed by atoms with E-state index in [4.69, 9.17) is 4.74 Å². The molecule has 2 aromatic carbocycles. The number of hydrogen-bond donors (Lipinski definition) is 1. The van der Waals surface area contributed by atoms with E-state index in [1.54, 1.807) is 12.1 Å². The Labute approximate surface area is 242 Å². The van der Waals surface area contributed by atoms with Gasteiger partial charge in [-0.1, -0.05) is 108 Å². The Morgan fingerprint density at radius 3 is 1.82 bits per heavy atom. The van der Waals surface area contributed by atoms with Crippen LogP contribution in [0.4, 0.5) is 0 Å². The molecule has 178 valence electrons. The zero-order valence-electron chi connectivity index (χ0n) is 20.2. The van der Waals surface area contributed by atoms with E-state index in [1.165, 1.54) is 88.3 Å². The van der Waals surface area contributed by atoms with Crippen LogP contribution in [-0.2, 0) is 16.5 Å². The Bertz CT molecular complexity index is 897. The number of benzene rings is 2. The van der Waals surface area contributed by atoms with Crippen molar-refractivity contribution in [3.63, 3.8) is 0 Å². The SMILES string of the molecule is CCCCCCCCCCCCCCc1ccc(Oc2c([O-])cccc2S(=O)(=O)O)cc1.[K+]. The van der Waals surface area contributed by atoms with Crippen LogP contribution in [0.1, 0.15) is 89.5 Å². The molecule has 0 unspecified atom stereocenters. The number of para-hydroxylation sites is 1. The molecule has 1 N–H and O–H groups in total. The van der Waals surface area contributed by atoms with Gasteiger partial charge < -0.3 is 9.84 Å². The first kappa shape index (κ1) is 30.6. The summed E-state index contributed by atoms with van der Waals surface area (Å²) in [5.41, 5.74) is 1.18. The maximum Gasteiger partial charge on any atom is 1.00 e. The van der Waals surface area contributed by atoms with Crippen LogP contribution in [-0.4, -0.2) is 13.0 Å². The first-order chi connectivity index (χ1) is 15.4. The predicted octanol–water partition coefficient (Wildman–Crippen LogP) is 4.05. The van der Waals surface area contributed by atoms with Crippen LogP contribution in [0.15, 0.2) is 47.4 Å². The second-order valence-electron chi connectivity index (χ2n) is 8.44. The van der Waals surface area contributed by atoms with Crippen molar-refractivity contribution in [2.45, 2.75) is 95.3 Å². The normalized spacial score (nSPS) is 11.2. The molecule has 0 saturated heterocycles. The third-order valence-electron chi connectivity index (χ3n) is 5.68. The molecule has 5 nitrogen and oxygen atoms in total. The molecule has 0 aliphatic heterocycles. The number of aryl methyl sites for hydroxylation is 1. The van der Waals surface area contributed by atoms with Gasteiger partial charge in [0.25, 0.3) is 10.1 Å². The van der Waals surface area contributed by atoms with Gasteiger partial charge in [-0.05, 0) is 36.6 Å². The summed E-state index contributed by atoms with van der Waals surface area (Å²) >= 11 is 0. The third-order valence-corrected chi connectivity index (χ3v) is 6.56. The summed E-state index contributed by atoms with van der Waals surface area (Å²) in [4.78, 5) is -0.523. The molecule has 0 atom stereocenters. The van der Waals surface area contributed by atoms with Crippen molar-refractivity contribution in [3.05, 3.63) is 48.0 Å². The summed E-state index contributed by atoms with van der Waals surface area (Å²) in [6.07, 6.45) is 16.8. The zero-order valence-corrected chi connectivity index (χ0v) is 24.2. The Morgan fingerprint density at radius 1 is 0.788 bits per heavy atom. The molecule has 0 bridgehead atoms. The van der Waals surface area contributed by atoms with Crippen LogP contribution in [0.25, 0.3) is 0 Å². The molecular formula is C26H37KO5S. The topological polar surface area (TPSA) is 86.7 Å². The Kier molecular flexibility index (Phi) is 15.9. The van der Waals surface area contributed by atoms with Gasteiger partial charge in [0.05, 0.1) is 0 Å². The summed E-state index contributed by atoms with van der Waals surface area (Å²) in [5, 5.41) is 12.0. The quantitative estimate of drug-likeness (QED) is 0.213. The molecule has 33 heavy (non-hydrogen) atoms. The van der Waals surface area contributed by atoms with E-state index >= 15 is 0 Å². The average Bonchev–Trinajstić information content (AvgIpc) is 2.76. The molecule has 2 rings (SSSR count). The average molecular weight is 501 g/mol. The van der Waals surface area contributed by atoms with E-state index in [-0.39, 0.29) is 57.1 Å². The molecule has 0 aromatic heterocycles. The minimum absolute atomic E-state index is 0. The molecule has 0 spiro atoms. The van der Waals surface area contributed by atoms with Gasteiger partial charge in [-0.25, -0.2) is 0 Å². The third kappa shape index (κ3) is 12.2. The number of unbranched alkanes of at least 4 members (excludes halogenated alkanes) is 11. The van der Waals surface area contributed by atoms with Gasteiger partial charge in [0.2, 0.25) is 0 Å². The largest absolute Gasteiger partial charge is 1.00 e. The summed E-state index contributed by atoms with van der Waals surface area (Å²) in [7, 11) is -4.54. The fourth-order valence-corrected chi connectivity index (χ4v) is 4.44. The predicted molar refractivity (Wildman–Crippen MR) is 127 cm³/mol. The first-order valence-electron chi connectivity index (χ1n) is 12.0. The van der Waals surface area contributed by atoms with Gasteiger partial charge >= 0.3 is 51.4 Å². The summed E-state index contributed by atoms with van der Waals surface area (Å²) in [5.74, 6) is -0.624. The van der Waals surface area contributed by atoms with Crippen molar-refractivity contribution in [2.75, 3.05) is 0 Å². The van der Waals surface area contributed by atoms with E-state index in [1.807, 2.05) is 12.1 Å². The molecular weight excluding hydrogens is 463 g/mol. The van der Waals surface area contributed by atoms with Crippen LogP contribution in [0.5, 0.6) is 17.2 Å². The van der Waals surface area contributed by atoms with Crippen molar-refractivity contribution in [2.24, 2.45) is 0 Å². The second-order valence-corrected chi connectivity index (χ2v) is 9.83. The first-order valence-corrected chi connectivity index (χ1v) is 13.4. The van der Waals surface area contributed by atoms with Crippen LogP contribution >= 0.6 is 0 Å². The van der Waals surface area contributed by atoms with Gasteiger partial charge in [-0.3, -0.25) is 4.55 Å². The summed E-state index contributed by atoms with van der Waals surface area (Å²) < 4.78 is 37.8. The van der Waals surface area contributed by atoms with Crippen molar-refractivity contribution < 1.29 is 74.2 Å². The van der Waals surface area contributed by atoms with Gasteiger partial charge in [0.15, 0.2) is 0 Å². The van der Waals surface area contributed by atoms with Gasteiger partial charge in [0, 0.05) is 0 Å². The maximum absolute atomic E-state index is 12.0. The molecule has 0 saturated carbocycles. The molecule has 2 aromatic rings. The van der Waals surface area contributed by atoms with Crippen LogP contribution in [0, 0.1) is 0 Å². The number of ether oxygens (including phenoxy) is 1. The number of hydrogen-bond acceptors (Lipinski definition) is 4. The molecule has 0 heterocycles. The Hall–Kier alpha value is -0.414. The molecule has 7 heteroatoms. The molecule has 0 fully saturated rings. The van der Waals surface area contributed by atoms with Crippen molar-refractivity contribution in [3.8, 4) is 17.2 Å². The molecule has 0 aliphatic rings. The monoisotopic (exact) mass is 500 g/mol. The Morgan fingerprint density at radius 2 is 1.30 bits per heavy atom. The molecule has 0 aliphatic carbocycles. The van der Waals surface area contributed by atoms with E-state index in [9.17, 15) is 18.1 Å². The van der Waals surface area contributed by atoms with E-state index in [0.717, 1.165) is 18.9 Å². The number of rotatable bonds is 16. The smallest absolute Gasteiger partial charge is 0.870 e. The van der Waals surface area contributed by atoms with Gasteiger partial charge in [0.1, 0.15) is 16.4 Å². The van der Waals surface area contributed by atoms with E-state index in [0.29, 0.717) is 5.75 Å². The fraction of sp³-hybridized carbons (Fsp3) is 0.538. The van der Waals surface area contributed by atoms with E-state index < -0.39 is 20.8 Å². The minimum atomic E-state index is -4.54. The second kappa shape index (κ2) is 17.1. The standard InChI is InChI=1S/C26H38O5S.K/c1-2-3-4-5-6-7-8-9-10-11-12-13-15-22-18-20-23(21-19-22)31-26-24(27)16-14-17-25(26)32(28,29)30;/h14,16-21,27H,2-13,15H2,1H3,(H,28,29,30);/q;+1/p-1. The molecule has 0 amide bonds. The summed E-state index contributed by atoms with van der Waals surface area (Å²) in [6.45, 7) is 2.25. The van der Waals surface area contributed by atoms with Crippen LogP contribution in [0.2, 0.25) is 0 Å². The zero-order chi connectivity index (χ0) is 23.2. The van der Waals surface area contributed by atoms with Crippen LogP contribution < -0.4 is 61.2 Å². The van der Waals surface area contributed by atoms with Crippen LogP contribution in [0.3, 0.4) is 0 Å². The van der Waals surface area contributed by atoms with Crippen molar-refractivity contribution in [1.82, 2.24) is 0 Å². The van der Waals surface area contributed by atoms with E-state index in [2.05, 4.69) is 6.92 Å². The minimum Gasteiger partial charge on any atom is -0.870 e. The fourth-order valence-electron chi connectivity index (χ4n) is 3.81. The van der Waals surface area contributed by atoms with Gasteiger partial charge in [-0.15, -0.1) is 0 Å². The van der Waals surface area contributed by atoms with Gasteiger partial charge in [-0.2, -0.15) is 8.42 Å². The molecule has 0 radical (unpaired) electrons.